The van der Waals surface area contributed by atoms with Crippen LogP contribution in [0.5, 0.6) is 0 Å². The molecule has 0 saturated heterocycles. The van der Waals surface area contributed by atoms with Crippen molar-refractivity contribution in [1.29, 1.82) is 0 Å². The van der Waals surface area contributed by atoms with E-state index in [1.165, 1.54) is 0 Å². The molecule has 0 spiro atoms. The minimum absolute atomic E-state index is 0.0922. The Labute approximate surface area is 118 Å². The Bertz CT molecular complexity index is 635. The molecule has 0 atom stereocenters. The molecule has 1 aromatic carbocycles. The molecule has 19 heavy (non-hydrogen) atoms. The summed E-state index contributed by atoms with van der Waals surface area (Å²) in [5.74, 6) is -0.705. The Hall–Kier alpha value is -1.69. The lowest BCUT2D eigenvalue weighted by Crippen LogP contribution is -2.08. The van der Waals surface area contributed by atoms with Gasteiger partial charge >= 0.3 is 5.97 Å². The van der Waals surface area contributed by atoms with Crippen molar-refractivity contribution in [2.24, 2.45) is 0 Å². The maximum atomic E-state index is 11.2. The Kier molecular flexibility index (Phi) is 3.10. The zero-order valence-corrected chi connectivity index (χ0v) is 11.7. The summed E-state index contributed by atoms with van der Waals surface area (Å²) in [5, 5.41) is 17.0. The maximum absolute atomic E-state index is 11.2. The lowest BCUT2D eigenvalue weighted by Gasteiger charge is -2.07. The van der Waals surface area contributed by atoms with Gasteiger partial charge in [0, 0.05) is 10.4 Å². The Morgan fingerprint density at radius 3 is 2.79 bits per heavy atom. The topological polar surface area (TPSA) is 68.0 Å². The number of carboxylic acids is 1. The van der Waals surface area contributed by atoms with E-state index in [9.17, 15) is 4.79 Å². The molecular formula is C13H12BrN3O2. The van der Waals surface area contributed by atoms with E-state index in [2.05, 4.69) is 26.2 Å². The Morgan fingerprint density at radius 1 is 1.42 bits per heavy atom. The first-order chi connectivity index (χ1) is 9.16. The number of carbonyl (C=O) groups is 1. The van der Waals surface area contributed by atoms with Gasteiger partial charge in [-0.25, -0.2) is 9.48 Å². The highest BCUT2D eigenvalue weighted by Crippen LogP contribution is 2.41. The van der Waals surface area contributed by atoms with Crippen LogP contribution in [0.25, 0.3) is 0 Å². The third-order valence-electron chi connectivity index (χ3n) is 3.22. The molecule has 3 rings (SSSR count). The third kappa shape index (κ3) is 2.40. The van der Waals surface area contributed by atoms with Gasteiger partial charge in [-0.3, -0.25) is 0 Å². The monoisotopic (exact) mass is 321 g/mol. The quantitative estimate of drug-likeness (QED) is 0.940. The normalized spacial score (nSPS) is 14.6. The second-order valence-corrected chi connectivity index (χ2v) is 5.51. The summed E-state index contributed by atoms with van der Waals surface area (Å²) in [6.07, 6.45) is 2.03. The van der Waals surface area contributed by atoms with Gasteiger partial charge in [0.1, 0.15) is 0 Å². The number of nitrogens with zero attached hydrogens (tertiary/aromatic N) is 3. The summed E-state index contributed by atoms with van der Waals surface area (Å²) in [6, 6.07) is 7.84. The van der Waals surface area contributed by atoms with Crippen LogP contribution in [-0.2, 0) is 6.54 Å². The molecule has 1 saturated carbocycles. The van der Waals surface area contributed by atoms with Gasteiger partial charge < -0.3 is 5.11 Å². The largest absolute Gasteiger partial charge is 0.476 e. The average Bonchev–Trinajstić information content (AvgIpc) is 3.13. The van der Waals surface area contributed by atoms with Crippen LogP contribution in [0, 0.1) is 0 Å². The van der Waals surface area contributed by atoms with E-state index in [1.54, 1.807) is 4.68 Å². The Balaban J connectivity index is 1.97. The number of rotatable bonds is 4. The highest BCUT2D eigenvalue weighted by atomic mass is 79.9. The standard InChI is InChI=1S/C13H12BrN3O2/c14-10-4-2-1-3-9(10)7-17-12(8-5-6-8)11(13(18)19)15-16-17/h1-4,8H,5-7H2,(H,18,19). The minimum Gasteiger partial charge on any atom is -0.476 e. The summed E-state index contributed by atoms with van der Waals surface area (Å²) in [5.41, 5.74) is 1.91. The van der Waals surface area contributed by atoms with E-state index in [0.29, 0.717) is 12.5 Å². The van der Waals surface area contributed by atoms with Crippen molar-refractivity contribution in [2.45, 2.75) is 25.3 Å². The van der Waals surface area contributed by atoms with Crippen molar-refractivity contribution in [1.82, 2.24) is 15.0 Å². The number of carboxylic acid groups (broad SMARTS) is 1. The third-order valence-corrected chi connectivity index (χ3v) is 3.99. The fourth-order valence-corrected chi connectivity index (χ4v) is 2.55. The van der Waals surface area contributed by atoms with Gasteiger partial charge in [-0.05, 0) is 24.5 Å². The maximum Gasteiger partial charge on any atom is 0.358 e. The fourth-order valence-electron chi connectivity index (χ4n) is 2.14. The van der Waals surface area contributed by atoms with Crippen LogP contribution in [0.15, 0.2) is 28.7 Å². The van der Waals surface area contributed by atoms with Crippen molar-refractivity contribution < 1.29 is 9.90 Å². The summed E-state index contributed by atoms with van der Waals surface area (Å²) < 4.78 is 2.70. The fraction of sp³-hybridized carbons (Fsp3) is 0.308. The number of halogens is 1. The van der Waals surface area contributed by atoms with Crippen LogP contribution in [-0.4, -0.2) is 26.1 Å². The smallest absolute Gasteiger partial charge is 0.358 e. The van der Waals surface area contributed by atoms with Gasteiger partial charge in [0.15, 0.2) is 5.69 Å². The van der Waals surface area contributed by atoms with Crippen LogP contribution < -0.4 is 0 Å². The first kappa shape index (κ1) is 12.3. The van der Waals surface area contributed by atoms with Gasteiger partial charge in [0.05, 0.1) is 12.2 Å². The lowest BCUT2D eigenvalue weighted by atomic mass is 10.2. The van der Waals surface area contributed by atoms with Crippen LogP contribution in [0.1, 0.15) is 40.5 Å². The van der Waals surface area contributed by atoms with Gasteiger partial charge in [-0.2, -0.15) is 0 Å². The van der Waals surface area contributed by atoms with Crippen molar-refractivity contribution in [2.75, 3.05) is 0 Å². The molecule has 1 N–H and O–H groups in total. The number of aromatic carboxylic acids is 1. The zero-order valence-electron chi connectivity index (χ0n) is 10.1. The average molecular weight is 322 g/mol. The molecule has 0 amide bonds. The molecule has 2 aromatic rings. The van der Waals surface area contributed by atoms with Crippen LogP contribution in [0.4, 0.5) is 0 Å². The molecule has 0 bridgehead atoms. The molecule has 6 heteroatoms. The van der Waals surface area contributed by atoms with E-state index in [0.717, 1.165) is 28.6 Å². The highest BCUT2D eigenvalue weighted by molar-refractivity contribution is 9.10. The van der Waals surface area contributed by atoms with E-state index in [-0.39, 0.29) is 5.69 Å². The molecule has 0 aliphatic heterocycles. The predicted molar refractivity (Wildman–Crippen MR) is 72.2 cm³/mol. The zero-order chi connectivity index (χ0) is 13.4. The SMILES string of the molecule is O=C(O)c1nnn(Cc2ccccc2Br)c1C1CC1. The van der Waals surface area contributed by atoms with Gasteiger partial charge in [-0.1, -0.05) is 39.3 Å². The van der Waals surface area contributed by atoms with Crippen molar-refractivity contribution in [3.8, 4) is 0 Å². The van der Waals surface area contributed by atoms with Crippen LogP contribution in [0.2, 0.25) is 0 Å². The van der Waals surface area contributed by atoms with Gasteiger partial charge in [0.25, 0.3) is 0 Å². The van der Waals surface area contributed by atoms with Crippen molar-refractivity contribution in [3.05, 3.63) is 45.7 Å². The van der Waals surface area contributed by atoms with Crippen LogP contribution >= 0.6 is 15.9 Å². The van der Waals surface area contributed by atoms with Crippen LogP contribution in [0.3, 0.4) is 0 Å². The number of hydrogen-bond acceptors (Lipinski definition) is 3. The van der Waals surface area contributed by atoms with E-state index >= 15 is 0 Å². The first-order valence-corrected chi connectivity index (χ1v) is 6.86. The second kappa shape index (κ2) is 4.77. The molecule has 1 aliphatic carbocycles. The molecule has 1 fully saturated rings. The number of benzene rings is 1. The summed E-state index contributed by atoms with van der Waals surface area (Å²) in [4.78, 5) is 11.2. The molecular weight excluding hydrogens is 310 g/mol. The van der Waals surface area contributed by atoms with E-state index in [1.807, 2.05) is 24.3 Å². The summed E-state index contributed by atoms with van der Waals surface area (Å²) in [7, 11) is 0. The predicted octanol–water partition coefficient (Wildman–Crippen LogP) is 2.66. The lowest BCUT2D eigenvalue weighted by molar-refractivity contribution is 0.0689. The molecule has 1 heterocycles. The van der Waals surface area contributed by atoms with Crippen molar-refractivity contribution >= 4 is 21.9 Å². The molecule has 5 nitrogen and oxygen atoms in total. The number of aromatic nitrogens is 3. The van der Waals surface area contributed by atoms with E-state index < -0.39 is 5.97 Å². The molecule has 1 aliphatic rings. The van der Waals surface area contributed by atoms with Crippen molar-refractivity contribution in [3.63, 3.8) is 0 Å². The summed E-state index contributed by atoms with van der Waals surface area (Å²) >= 11 is 3.49. The first-order valence-electron chi connectivity index (χ1n) is 6.07. The van der Waals surface area contributed by atoms with Gasteiger partial charge in [0.2, 0.25) is 0 Å². The number of hydrogen-bond donors (Lipinski definition) is 1. The highest BCUT2D eigenvalue weighted by Gasteiger charge is 2.33. The molecule has 0 radical (unpaired) electrons. The second-order valence-electron chi connectivity index (χ2n) is 4.65. The van der Waals surface area contributed by atoms with E-state index in [4.69, 9.17) is 5.11 Å². The minimum atomic E-state index is -1.000. The summed E-state index contributed by atoms with van der Waals surface area (Å²) in [6.45, 7) is 0.535. The molecule has 1 aromatic heterocycles. The van der Waals surface area contributed by atoms with Gasteiger partial charge in [-0.15, -0.1) is 5.10 Å². The molecule has 0 unspecified atom stereocenters. The molecule has 98 valence electrons. The Morgan fingerprint density at radius 2 is 2.16 bits per heavy atom.